The number of rotatable bonds is 5. The van der Waals surface area contributed by atoms with E-state index in [0.717, 1.165) is 16.8 Å². The van der Waals surface area contributed by atoms with E-state index < -0.39 is 28.9 Å². The van der Waals surface area contributed by atoms with Gasteiger partial charge in [0, 0.05) is 6.42 Å². The van der Waals surface area contributed by atoms with Crippen LogP contribution in [0, 0.1) is 6.92 Å². The van der Waals surface area contributed by atoms with Gasteiger partial charge in [-0.1, -0.05) is 29.8 Å². The molecule has 0 aliphatic heterocycles. The fourth-order valence-corrected chi connectivity index (χ4v) is 3.74. The zero-order valence-electron chi connectivity index (χ0n) is 24.7. The number of nitrogens with zero attached hydrogens (tertiary/aromatic N) is 5. The molecule has 40 heavy (non-hydrogen) atoms. The fraction of sp³-hybridized carbons (Fsp3) is 0.500. The molecule has 3 rings (SSSR count). The molecule has 12 nitrogen and oxygen atoms in total. The van der Waals surface area contributed by atoms with Gasteiger partial charge in [-0.05, 0) is 67.9 Å². The van der Waals surface area contributed by atoms with Gasteiger partial charge in [-0.2, -0.15) is 5.10 Å². The van der Waals surface area contributed by atoms with Gasteiger partial charge in [-0.3, -0.25) is 10.6 Å². The number of nitrogens with one attached hydrogen (secondary N) is 2. The summed E-state index contributed by atoms with van der Waals surface area (Å²) >= 11 is 0. The Labute approximate surface area is 234 Å². The average Bonchev–Trinajstić information content (AvgIpc) is 3.17. The van der Waals surface area contributed by atoms with Crippen LogP contribution in [0.4, 0.5) is 15.4 Å². The summed E-state index contributed by atoms with van der Waals surface area (Å²) in [5.74, 6) is 0.207. The quantitative estimate of drug-likeness (QED) is 0.309. The average molecular weight is 553 g/mol. The van der Waals surface area contributed by atoms with Gasteiger partial charge >= 0.3 is 12.2 Å². The summed E-state index contributed by atoms with van der Waals surface area (Å²) < 4.78 is 12.4. The van der Waals surface area contributed by atoms with Crippen molar-refractivity contribution in [3.63, 3.8) is 0 Å². The van der Waals surface area contributed by atoms with Crippen LogP contribution in [0.1, 0.15) is 72.2 Å². The number of anilines is 1. The molecule has 0 spiro atoms. The number of carbonyl (C=O) groups is 2. The van der Waals surface area contributed by atoms with Crippen molar-refractivity contribution in [1.29, 1.82) is 0 Å². The number of hydrogen-bond donors (Lipinski definition) is 3. The third-order valence-electron chi connectivity index (χ3n) is 5.49. The third-order valence-corrected chi connectivity index (χ3v) is 5.49. The lowest BCUT2D eigenvalue weighted by Crippen LogP contribution is -2.48. The Kier molecular flexibility index (Phi) is 8.71. The first-order chi connectivity index (χ1) is 18.4. The molecule has 2 heterocycles. The monoisotopic (exact) mass is 552 g/mol. The second kappa shape index (κ2) is 11.5. The van der Waals surface area contributed by atoms with Crippen molar-refractivity contribution in [3.8, 4) is 0 Å². The first-order valence-corrected chi connectivity index (χ1v) is 13.0. The molecule has 0 aliphatic carbocycles. The topological polar surface area (TPSA) is 159 Å². The van der Waals surface area contributed by atoms with Crippen molar-refractivity contribution >= 4 is 35.0 Å². The highest BCUT2D eigenvalue weighted by atomic mass is 16.6. The number of alkyl carbamates (subject to hydrolysis) is 2. The molecule has 0 saturated carbocycles. The van der Waals surface area contributed by atoms with E-state index >= 15 is 0 Å². The summed E-state index contributed by atoms with van der Waals surface area (Å²) in [7, 11) is 0. The number of benzene rings is 1. The molecule has 0 atom stereocenters. The molecule has 216 valence electrons. The molecule has 12 heteroatoms. The van der Waals surface area contributed by atoms with Gasteiger partial charge < -0.3 is 15.2 Å². The van der Waals surface area contributed by atoms with Crippen LogP contribution in [-0.2, 0) is 21.4 Å². The van der Waals surface area contributed by atoms with Crippen molar-refractivity contribution in [3.05, 3.63) is 47.4 Å². The van der Waals surface area contributed by atoms with E-state index in [-0.39, 0.29) is 12.5 Å². The molecule has 2 aromatic heterocycles. The normalized spacial score (nSPS) is 12.1. The number of ether oxygens (including phenoxy) is 2. The van der Waals surface area contributed by atoms with E-state index in [1.165, 1.54) is 6.33 Å². The van der Waals surface area contributed by atoms with E-state index in [1.54, 1.807) is 46.2 Å². The highest BCUT2D eigenvalue weighted by Gasteiger charge is 2.28. The Morgan fingerprint density at radius 3 is 2.00 bits per heavy atom. The van der Waals surface area contributed by atoms with E-state index in [1.807, 2.05) is 45.0 Å². The van der Waals surface area contributed by atoms with Crippen molar-refractivity contribution < 1.29 is 19.1 Å². The lowest BCUT2D eigenvalue weighted by Gasteiger charge is -2.25. The summed E-state index contributed by atoms with van der Waals surface area (Å²) in [5.41, 5.74) is 7.53. The molecule has 0 aliphatic rings. The van der Waals surface area contributed by atoms with Crippen LogP contribution in [0.5, 0.6) is 0 Å². The molecule has 0 saturated heterocycles. The van der Waals surface area contributed by atoms with Crippen molar-refractivity contribution in [2.24, 2.45) is 4.99 Å². The number of amides is 2. The number of guanidine groups is 1. The molecule has 3 aromatic rings. The number of nitrogens with two attached hydrogens (primary N) is 1. The Morgan fingerprint density at radius 1 is 0.925 bits per heavy atom. The Hall–Kier alpha value is -4.22. The summed E-state index contributed by atoms with van der Waals surface area (Å²) in [6.07, 6.45) is 0.382. The molecular formula is C28H40N8O4. The van der Waals surface area contributed by atoms with Crippen molar-refractivity contribution in [1.82, 2.24) is 30.4 Å². The maximum atomic E-state index is 12.5. The summed E-state index contributed by atoms with van der Waals surface area (Å²) in [6.45, 7) is 16.4. The van der Waals surface area contributed by atoms with Crippen LogP contribution in [0.15, 0.2) is 35.6 Å². The zero-order chi connectivity index (χ0) is 29.9. The van der Waals surface area contributed by atoms with Gasteiger partial charge in [0.1, 0.15) is 23.3 Å². The lowest BCUT2D eigenvalue weighted by atomic mass is 10.1. The van der Waals surface area contributed by atoms with Gasteiger partial charge in [0.15, 0.2) is 5.65 Å². The first-order valence-electron chi connectivity index (χ1n) is 13.0. The maximum absolute atomic E-state index is 12.5. The Balaban J connectivity index is 1.95. The first kappa shape index (κ1) is 30.3. The van der Waals surface area contributed by atoms with Gasteiger partial charge in [0.05, 0.1) is 23.2 Å². The molecule has 4 N–H and O–H groups in total. The SMILES string of the molecule is Cc1ccc(Cc2nn(C(C)(C)CN=C(NC(=O)OC(C)(C)C)NC(=O)OC(C)(C)C)c3ncnc(N)c23)cc1. The summed E-state index contributed by atoms with van der Waals surface area (Å²) in [5, 5.41) is 10.6. The van der Waals surface area contributed by atoms with Crippen molar-refractivity contribution in [2.45, 2.75) is 85.5 Å². The van der Waals surface area contributed by atoms with E-state index in [4.69, 9.17) is 20.3 Å². The van der Waals surface area contributed by atoms with Crippen LogP contribution in [0.3, 0.4) is 0 Å². The van der Waals surface area contributed by atoms with Gasteiger partial charge in [-0.25, -0.2) is 29.2 Å². The minimum atomic E-state index is -0.773. The zero-order valence-corrected chi connectivity index (χ0v) is 24.7. The molecule has 1 aromatic carbocycles. The van der Waals surface area contributed by atoms with Crippen LogP contribution in [-0.4, -0.2) is 55.6 Å². The molecule has 0 unspecified atom stereocenters. The van der Waals surface area contributed by atoms with E-state index in [9.17, 15) is 9.59 Å². The third kappa shape index (κ3) is 8.39. The van der Waals surface area contributed by atoms with Crippen LogP contribution in [0.25, 0.3) is 11.0 Å². The Morgan fingerprint density at radius 2 is 1.48 bits per heavy atom. The minimum absolute atomic E-state index is 0.0958. The largest absolute Gasteiger partial charge is 0.444 e. The second-order valence-electron chi connectivity index (χ2n) is 12.2. The second-order valence-corrected chi connectivity index (χ2v) is 12.2. The van der Waals surface area contributed by atoms with Gasteiger partial charge in [0.2, 0.25) is 5.96 Å². The summed E-state index contributed by atoms with van der Waals surface area (Å²) in [4.78, 5) is 38.1. The smallest absolute Gasteiger partial charge is 0.414 e. The number of aliphatic imine (C=N–C) groups is 1. The van der Waals surface area contributed by atoms with Crippen molar-refractivity contribution in [2.75, 3.05) is 12.3 Å². The van der Waals surface area contributed by atoms with Crippen LogP contribution < -0.4 is 16.4 Å². The number of nitrogen functional groups attached to an aromatic ring is 1. The molecule has 0 radical (unpaired) electrons. The number of carbonyl (C=O) groups excluding carboxylic acids is 2. The van der Waals surface area contributed by atoms with Gasteiger partial charge in [0.25, 0.3) is 0 Å². The molecular weight excluding hydrogens is 512 g/mol. The van der Waals surface area contributed by atoms with E-state index in [2.05, 4.69) is 25.6 Å². The Bertz CT molecular complexity index is 1360. The molecule has 0 bridgehead atoms. The van der Waals surface area contributed by atoms with E-state index in [0.29, 0.717) is 23.3 Å². The summed E-state index contributed by atoms with van der Waals surface area (Å²) in [6, 6.07) is 8.19. The molecule has 2 amide bonds. The number of aryl methyl sites for hydroxylation is 1. The number of aromatic nitrogens is 4. The van der Waals surface area contributed by atoms with Gasteiger partial charge in [-0.15, -0.1) is 0 Å². The van der Waals surface area contributed by atoms with Crippen LogP contribution >= 0.6 is 0 Å². The predicted octanol–water partition coefficient (Wildman–Crippen LogP) is 4.45. The minimum Gasteiger partial charge on any atom is -0.444 e. The highest BCUT2D eigenvalue weighted by Crippen LogP contribution is 2.28. The number of hydrogen-bond acceptors (Lipinski definition) is 9. The maximum Gasteiger partial charge on any atom is 0.414 e. The predicted molar refractivity (Wildman–Crippen MR) is 154 cm³/mol. The standard InChI is InChI=1S/C28H40N8O4/c1-17-10-12-18(13-11-17)14-19-20-21(29)31-16-32-22(20)36(35-19)28(8,9)15-30-23(33-24(37)39-26(2,3)4)34-25(38)40-27(5,6)7/h10-13,16H,14-15H2,1-9H3,(H2,29,31,32)(H2,30,33,34,37,38). The van der Waals surface area contributed by atoms with Crippen LogP contribution in [0.2, 0.25) is 0 Å². The highest BCUT2D eigenvalue weighted by molar-refractivity contribution is 6.01. The number of fused-ring (bicyclic) bond motifs is 1. The fourth-order valence-electron chi connectivity index (χ4n) is 3.74. The lowest BCUT2D eigenvalue weighted by molar-refractivity contribution is 0.0544. The molecule has 0 fully saturated rings.